The van der Waals surface area contributed by atoms with Crippen molar-refractivity contribution in [2.24, 2.45) is 0 Å². The van der Waals surface area contributed by atoms with Crippen LogP contribution in [-0.2, 0) is 4.74 Å². The van der Waals surface area contributed by atoms with E-state index in [2.05, 4.69) is 16.7 Å². The Bertz CT molecular complexity index is 475. The highest BCUT2D eigenvalue weighted by Crippen LogP contribution is 2.13. The highest BCUT2D eigenvalue weighted by atomic mass is 16.5. The van der Waals surface area contributed by atoms with Crippen LogP contribution in [0.3, 0.4) is 0 Å². The number of hydrogen-bond acceptors (Lipinski definition) is 4. The van der Waals surface area contributed by atoms with Gasteiger partial charge in [-0.05, 0) is 30.7 Å². The van der Waals surface area contributed by atoms with Crippen LogP contribution in [-0.4, -0.2) is 56.1 Å². The molecule has 0 aromatic heterocycles. The molecule has 4 heteroatoms. The van der Waals surface area contributed by atoms with Gasteiger partial charge in [0.2, 0.25) is 0 Å². The van der Waals surface area contributed by atoms with Crippen LogP contribution < -0.4 is 4.74 Å². The summed E-state index contributed by atoms with van der Waals surface area (Å²) in [5.74, 6) is 6.76. The summed E-state index contributed by atoms with van der Waals surface area (Å²) < 4.78 is 11.1. The maximum absolute atomic E-state index is 8.67. The number of ether oxygens (including phenoxy) is 2. The number of aliphatic hydroxyl groups is 1. The average molecular weight is 289 g/mol. The lowest BCUT2D eigenvalue weighted by atomic mass is 10.2. The van der Waals surface area contributed by atoms with E-state index in [1.54, 1.807) is 7.11 Å². The zero-order valence-electron chi connectivity index (χ0n) is 12.5. The smallest absolute Gasteiger partial charge is 0.119 e. The van der Waals surface area contributed by atoms with Gasteiger partial charge in [0.15, 0.2) is 0 Å². The molecule has 0 bridgehead atoms. The fraction of sp³-hybridized carbons (Fsp3) is 0.529. The third kappa shape index (κ3) is 5.39. The number of likely N-dealkylation sites (tertiary alicyclic amines) is 1. The minimum absolute atomic E-state index is 0.106. The van der Waals surface area contributed by atoms with Gasteiger partial charge in [0, 0.05) is 38.7 Å². The van der Waals surface area contributed by atoms with E-state index in [0.29, 0.717) is 19.1 Å². The van der Waals surface area contributed by atoms with Gasteiger partial charge in [-0.3, -0.25) is 4.90 Å². The Morgan fingerprint density at radius 1 is 1.33 bits per heavy atom. The van der Waals surface area contributed by atoms with Gasteiger partial charge in [0.1, 0.15) is 12.4 Å². The molecular formula is C17H23NO3. The summed E-state index contributed by atoms with van der Waals surface area (Å²) >= 11 is 0. The first-order valence-corrected chi connectivity index (χ1v) is 7.39. The van der Waals surface area contributed by atoms with Crippen LogP contribution in [0.4, 0.5) is 0 Å². The van der Waals surface area contributed by atoms with E-state index in [-0.39, 0.29) is 6.61 Å². The molecule has 1 fully saturated rings. The lowest BCUT2D eigenvalue weighted by Crippen LogP contribution is -2.27. The summed E-state index contributed by atoms with van der Waals surface area (Å²) in [6.45, 7) is 3.80. The Labute approximate surface area is 126 Å². The Balaban J connectivity index is 1.70. The lowest BCUT2D eigenvalue weighted by molar-refractivity contribution is 0.106. The minimum atomic E-state index is 0.106. The molecular weight excluding hydrogens is 266 g/mol. The molecule has 0 radical (unpaired) electrons. The molecule has 4 nitrogen and oxygen atoms in total. The van der Waals surface area contributed by atoms with Crippen molar-refractivity contribution < 1.29 is 14.6 Å². The molecule has 1 aromatic rings. The summed E-state index contributed by atoms with van der Waals surface area (Å²) in [4.78, 5) is 2.36. The monoisotopic (exact) mass is 289 g/mol. The van der Waals surface area contributed by atoms with Crippen molar-refractivity contribution in [1.82, 2.24) is 4.90 Å². The van der Waals surface area contributed by atoms with Gasteiger partial charge in [-0.25, -0.2) is 0 Å². The van der Waals surface area contributed by atoms with E-state index in [4.69, 9.17) is 14.6 Å². The normalized spacial score (nSPS) is 18.3. The van der Waals surface area contributed by atoms with Gasteiger partial charge in [-0.1, -0.05) is 11.8 Å². The molecule has 0 amide bonds. The van der Waals surface area contributed by atoms with E-state index in [0.717, 1.165) is 37.4 Å². The lowest BCUT2D eigenvalue weighted by Gasteiger charge is -2.15. The fourth-order valence-electron chi connectivity index (χ4n) is 2.34. The van der Waals surface area contributed by atoms with Gasteiger partial charge in [-0.15, -0.1) is 0 Å². The van der Waals surface area contributed by atoms with Crippen LogP contribution in [0, 0.1) is 11.8 Å². The van der Waals surface area contributed by atoms with Gasteiger partial charge >= 0.3 is 0 Å². The number of benzene rings is 1. The van der Waals surface area contributed by atoms with E-state index in [9.17, 15) is 0 Å². The maximum atomic E-state index is 8.67. The Morgan fingerprint density at radius 3 is 2.81 bits per heavy atom. The zero-order valence-corrected chi connectivity index (χ0v) is 12.5. The Hall–Kier alpha value is -1.54. The van der Waals surface area contributed by atoms with Gasteiger partial charge < -0.3 is 14.6 Å². The van der Waals surface area contributed by atoms with Crippen molar-refractivity contribution in [2.45, 2.75) is 18.9 Å². The maximum Gasteiger partial charge on any atom is 0.119 e. The molecule has 1 aliphatic heterocycles. The van der Waals surface area contributed by atoms with Gasteiger partial charge in [-0.2, -0.15) is 0 Å². The van der Waals surface area contributed by atoms with Gasteiger partial charge in [0.25, 0.3) is 0 Å². The van der Waals surface area contributed by atoms with Crippen LogP contribution >= 0.6 is 0 Å². The molecule has 21 heavy (non-hydrogen) atoms. The van der Waals surface area contributed by atoms with Crippen LogP contribution in [0.1, 0.15) is 18.4 Å². The predicted octanol–water partition coefficient (Wildman–Crippen LogP) is 1.52. The highest BCUT2D eigenvalue weighted by Gasteiger charge is 2.21. The summed E-state index contributed by atoms with van der Waals surface area (Å²) in [5.41, 5.74) is 0.943. The largest absolute Gasteiger partial charge is 0.492 e. The quantitative estimate of drug-likeness (QED) is 0.806. The van der Waals surface area contributed by atoms with Crippen LogP contribution in [0.2, 0.25) is 0 Å². The molecule has 1 atom stereocenters. The number of methoxy groups -OCH3 is 1. The van der Waals surface area contributed by atoms with Crippen molar-refractivity contribution in [3.8, 4) is 17.6 Å². The van der Waals surface area contributed by atoms with E-state index in [1.807, 2.05) is 24.3 Å². The summed E-state index contributed by atoms with van der Waals surface area (Å²) in [7, 11) is 1.77. The molecule has 114 valence electrons. The van der Waals surface area contributed by atoms with E-state index < -0.39 is 0 Å². The second kappa shape index (κ2) is 8.68. The molecule has 1 aromatic carbocycles. The predicted molar refractivity (Wildman–Crippen MR) is 82.4 cm³/mol. The summed E-state index contributed by atoms with van der Waals surface area (Å²) in [6, 6.07) is 7.75. The Morgan fingerprint density at radius 2 is 2.14 bits per heavy atom. The number of hydrogen-bond donors (Lipinski definition) is 1. The van der Waals surface area contributed by atoms with Crippen molar-refractivity contribution in [3.63, 3.8) is 0 Å². The number of nitrogens with zero attached hydrogens (tertiary/aromatic N) is 1. The van der Waals surface area contributed by atoms with Gasteiger partial charge in [0.05, 0.1) is 12.7 Å². The van der Waals surface area contributed by atoms with Crippen LogP contribution in [0.25, 0.3) is 0 Å². The first-order chi connectivity index (χ1) is 10.3. The molecule has 1 unspecified atom stereocenters. The molecule has 1 saturated heterocycles. The highest BCUT2D eigenvalue weighted by molar-refractivity contribution is 5.38. The third-order valence-electron chi connectivity index (χ3n) is 3.56. The van der Waals surface area contributed by atoms with Crippen LogP contribution in [0.15, 0.2) is 24.3 Å². The molecule has 0 saturated carbocycles. The molecule has 0 aliphatic carbocycles. The van der Waals surface area contributed by atoms with Crippen molar-refractivity contribution in [3.05, 3.63) is 29.8 Å². The topological polar surface area (TPSA) is 41.9 Å². The number of rotatable bonds is 6. The standard InChI is InChI=1S/C17H23NO3/c1-20-17-9-10-18(14-17)11-13-21-16-7-5-15(6-8-16)4-2-3-12-19/h5-8,17,19H,3,9-14H2,1H3. The fourth-order valence-corrected chi connectivity index (χ4v) is 2.34. The molecule has 2 rings (SSSR count). The molecule has 0 spiro atoms. The van der Waals surface area contributed by atoms with Crippen molar-refractivity contribution >= 4 is 0 Å². The number of aliphatic hydroxyl groups excluding tert-OH is 1. The minimum Gasteiger partial charge on any atom is -0.492 e. The molecule has 1 heterocycles. The first-order valence-electron chi connectivity index (χ1n) is 7.39. The van der Waals surface area contributed by atoms with Crippen molar-refractivity contribution in [1.29, 1.82) is 0 Å². The second-order valence-corrected chi connectivity index (χ2v) is 5.10. The van der Waals surface area contributed by atoms with Crippen molar-refractivity contribution in [2.75, 3.05) is 40.0 Å². The van der Waals surface area contributed by atoms with Crippen LogP contribution in [0.5, 0.6) is 5.75 Å². The Kier molecular flexibility index (Phi) is 6.55. The average Bonchev–Trinajstić information content (AvgIpc) is 2.97. The van der Waals surface area contributed by atoms with E-state index in [1.165, 1.54) is 0 Å². The summed E-state index contributed by atoms with van der Waals surface area (Å²) in [6.07, 6.45) is 2.00. The summed E-state index contributed by atoms with van der Waals surface area (Å²) in [5, 5.41) is 8.67. The molecule has 1 N–H and O–H groups in total. The third-order valence-corrected chi connectivity index (χ3v) is 3.56. The zero-order chi connectivity index (χ0) is 14.9. The SMILES string of the molecule is COC1CCN(CCOc2ccc(C#CCCO)cc2)C1. The second-order valence-electron chi connectivity index (χ2n) is 5.10. The van der Waals surface area contributed by atoms with E-state index >= 15 is 0 Å². The molecule has 1 aliphatic rings. The first kappa shape index (κ1) is 15.8.